The maximum Gasteiger partial charge on any atom is 0.233 e. The lowest BCUT2D eigenvalue weighted by Crippen LogP contribution is -2.31. The van der Waals surface area contributed by atoms with E-state index < -0.39 is 0 Å². The van der Waals surface area contributed by atoms with E-state index in [9.17, 15) is 4.79 Å². The molecule has 0 saturated carbocycles. The molecule has 0 spiro atoms. The molecule has 0 unspecified atom stereocenters. The first-order valence-corrected chi connectivity index (χ1v) is 11.1. The smallest absolute Gasteiger partial charge is 0.233 e. The second-order valence-corrected chi connectivity index (χ2v) is 9.34. The van der Waals surface area contributed by atoms with Crippen molar-refractivity contribution in [1.29, 1.82) is 0 Å². The summed E-state index contributed by atoms with van der Waals surface area (Å²) in [4.78, 5) is 12.3. The number of aromatic nitrogens is 2. The van der Waals surface area contributed by atoms with Crippen LogP contribution in [-0.4, -0.2) is 27.9 Å². The molecule has 2 aromatic rings. The van der Waals surface area contributed by atoms with Gasteiger partial charge in [0.05, 0.1) is 5.25 Å². The van der Waals surface area contributed by atoms with E-state index in [1.807, 2.05) is 19.1 Å². The third-order valence-electron chi connectivity index (χ3n) is 4.45. The number of anilines is 2. The predicted octanol–water partition coefficient (Wildman–Crippen LogP) is 5.08. The molecule has 0 fully saturated rings. The Kier molecular flexibility index (Phi) is 7.29. The summed E-state index contributed by atoms with van der Waals surface area (Å²) in [5, 5.41) is 15.2. The van der Waals surface area contributed by atoms with Crippen LogP contribution < -0.4 is 10.6 Å². The molecule has 0 saturated heterocycles. The highest BCUT2D eigenvalue weighted by Gasteiger charge is 2.17. The van der Waals surface area contributed by atoms with E-state index >= 15 is 0 Å². The average Bonchev–Trinajstić information content (AvgIpc) is 3.09. The van der Waals surface area contributed by atoms with Crippen LogP contribution in [0, 0.1) is 6.92 Å². The Balaban J connectivity index is 1.44. The summed E-state index contributed by atoms with van der Waals surface area (Å²) in [5.41, 5.74) is 3.66. The molecule has 0 bridgehead atoms. The molecule has 144 valence electrons. The minimum atomic E-state index is -0.190. The van der Waals surface area contributed by atoms with Gasteiger partial charge in [0, 0.05) is 12.2 Å². The van der Waals surface area contributed by atoms with Gasteiger partial charge in [-0.25, -0.2) is 0 Å². The quantitative estimate of drug-likeness (QED) is 0.476. The molecule has 3 rings (SSSR count). The molecular weight excluding hydrogens is 376 g/mol. The minimum Gasteiger partial charge on any atom is -0.355 e. The van der Waals surface area contributed by atoms with Crippen molar-refractivity contribution in [2.45, 2.75) is 55.5 Å². The number of allylic oxidation sites excluding steroid dienone is 1. The van der Waals surface area contributed by atoms with Crippen LogP contribution in [0.1, 0.15) is 44.6 Å². The van der Waals surface area contributed by atoms with Crippen LogP contribution in [0.25, 0.3) is 0 Å². The highest BCUT2D eigenvalue weighted by Crippen LogP contribution is 2.30. The van der Waals surface area contributed by atoms with Gasteiger partial charge in [-0.15, -0.1) is 10.2 Å². The Morgan fingerprint density at radius 2 is 2.22 bits per heavy atom. The molecule has 2 N–H and O–H groups in total. The SMILES string of the molecule is Cc1cccc(Nc2nnc(S[C@H](C)C(=O)NCCC3=CCCCC3)s2)c1. The summed E-state index contributed by atoms with van der Waals surface area (Å²) >= 11 is 2.92. The van der Waals surface area contributed by atoms with Gasteiger partial charge < -0.3 is 10.6 Å². The fraction of sp³-hybridized carbons (Fsp3) is 0.450. The lowest BCUT2D eigenvalue weighted by molar-refractivity contribution is -0.120. The first-order chi connectivity index (χ1) is 13.1. The van der Waals surface area contributed by atoms with Gasteiger partial charge in [-0.2, -0.15) is 0 Å². The molecule has 7 heteroatoms. The lowest BCUT2D eigenvalue weighted by atomic mass is 9.97. The summed E-state index contributed by atoms with van der Waals surface area (Å²) in [6.45, 7) is 4.68. The Labute approximate surface area is 169 Å². The third-order valence-corrected chi connectivity index (χ3v) is 6.48. The molecule has 1 atom stereocenters. The highest BCUT2D eigenvalue weighted by molar-refractivity contribution is 8.02. The standard InChI is InChI=1S/C20H26N4OS2/c1-14-7-6-10-17(13-14)22-19-23-24-20(27-19)26-15(2)18(25)21-12-11-16-8-4-3-5-9-16/h6-8,10,13,15H,3-5,9,11-12H2,1-2H3,(H,21,25)(H,22,23)/t15-/m1/s1. The van der Waals surface area contributed by atoms with Gasteiger partial charge in [-0.3, -0.25) is 4.79 Å². The van der Waals surface area contributed by atoms with Crippen molar-refractivity contribution in [3.05, 3.63) is 41.5 Å². The van der Waals surface area contributed by atoms with Gasteiger partial charge >= 0.3 is 0 Å². The van der Waals surface area contributed by atoms with Crippen molar-refractivity contribution < 1.29 is 4.79 Å². The summed E-state index contributed by atoms with van der Waals surface area (Å²) in [6.07, 6.45) is 8.24. The molecule has 1 aliphatic carbocycles. The fourth-order valence-corrected chi connectivity index (χ4v) is 4.92. The number of carbonyl (C=O) groups excluding carboxylic acids is 1. The largest absolute Gasteiger partial charge is 0.355 e. The first-order valence-electron chi connectivity index (χ1n) is 9.39. The van der Waals surface area contributed by atoms with E-state index in [2.05, 4.69) is 46.0 Å². The van der Waals surface area contributed by atoms with Gasteiger partial charge in [-0.1, -0.05) is 46.9 Å². The minimum absolute atomic E-state index is 0.0554. The fourth-order valence-electron chi connectivity index (χ4n) is 2.98. The summed E-state index contributed by atoms with van der Waals surface area (Å²) < 4.78 is 0.794. The second kappa shape index (κ2) is 9.90. The van der Waals surface area contributed by atoms with Crippen LogP contribution in [0.15, 0.2) is 40.3 Å². The Hall–Kier alpha value is -1.86. The number of aryl methyl sites for hydroxylation is 1. The van der Waals surface area contributed by atoms with Crippen molar-refractivity contribution >= 4 is 39.8 Å². The molecule has 1 amide bonds. The molecule has 1 aromatic heterocycles. The number of carbonyl (C=O) groups is 1. The van der Waals surface area contributed by atoms with E-state index in [0.29, 0.717) is 6.54 Å². The predicted molar refractivity (Wildman–Crippen MR) is 114 cm³/mol. The first kappa shape index (κ1) is 19.9. The maximum atomic E-state index is 12.3. The molecule has 1 heterocycles. The number of amides is 1. The summed E-state index contributed by atoms with van der Waals surface area (Å²) in [7, 11) is 0. The van der Waals surface area contributed by atoms with Crippen LogP contribution in [-0.2, 0) is 4.79 Å². The second-order valence-electron chi connectivity index (χ2n) is 6.78. The number of hydrogen-bond donors (Lipinski definition) is 2. The van der Waals surface area contributed by atoms with Gasteiger partial charge in [0.25, 0.3) is 0 Å². The van der Waals surface area contributed by atoms with E-state index in [-0.39, 0.29) is 11.2 Å². The highest BCUT2D eigenvalue weighted by atomic mass is 32.2. The van der Waals surface area contributed by atoms with Gasteiger partial charge in [-0.05, 0) is 63.6 Å². The molecule has 1 aliphatic rings. The maximum absolute atomic E-state index is 12.3. The normalized spacial score (nSPS) is 15.1. The van der Waals surface area contributed by atoms with E-state index in [1.54, 1.807) is 0 Å². The molecule has 27 heavy (non-hydrogen) atoms. The number of thioether (sulfide) groups is 1. The molecule has 1 aromatic carbocycles. The lowest BCUT2D eigenvalue weighted by Gasteiger charge is -2.14. The monoisotopic (exact) mass is 402 g/mol. The zero-order valence-electron chi connectivity index (χ0n) is 15.8. The van der Waals surface area contributed by atoms with Crippen LogP contribution in [0.2, 0.25) is 0 Å². The van der Waals surface area contributed by atoms with Crippen molar-refractivity contribution in [3.63, 3.8) is 0 Å². The van der Waals surface area contributed by atoms with Crippen molar-refractivity contribution in [2.24, 2.45) is 0 Å². The summed E-state index contributed by atoms with van der Waals surface area (Å²) in [6, 6.07) is 8.12. The van der Waals surface area contributed by atoms with Gasteiger partial charge in [0.1, 0.15) is 0 Å². The summed E-state index contributed by atoms with van der Waals surface area (Å²) in [5.74, 6) is 0.0554. The van der Waals surface area contributed by atoms with E-state index in [4.69, 9.17) is 0 Å². The molecule has 5 nitrogen and oxygen atoms in total. The van der Waals surface area contributed by atoms with Crippen molar-refractivity contribution in [2.75, 3.05) is 11.9 Å². The van der Waals surface area contributed by atoms with Crippen LogP contribution >= 0.6 is 23.1 Å². The van der Waals surface area contributed by atoms with Crippen LogP contribution in [0.5, 0.6) is 0 Å². The molecule has 0 radical (unpaired) electrons. The number of nitrogens with zero attached hydrogens (tertiary/aromatic N) is 2. The van der Waals surface area contributed by atoms with Crippen molar-refractivity contribution in [1.82, 2.24) is 15.5 Å². The molecular formula is C20H26N4OS2. The topological polar surface area (TPSA) is 66.9 Å². The Bertz CT molecular complexity index is 803. The Morgan fingerprint density at radius 1 is 1.33 bits per heavy atom. The number of benzene rings is 1. The average molecular weight is 403 g/mol. The van der Waals surface area contributed by atoms with Crippen molar-refractivity contribution in [3.8, 4) is 0 Å². The zero-order chi connectivity index (χ0) is 19.1. The number of nitrogens with one attached hydrogen (secondary N) is 2. The number of rotatable bonds is 8. The molecule has 0 aliphatic heterocycles. The Morgan fingerprint density at radius 3 is 3.00 bits per heavy atom. The third kappa shape index (κ3) is 6.36. The van der Waals surface area contributed by atoms with Gasteiger partial charge in [0.15, 0.2) is 4.34 Å². The number of hydrogen-bond acceptors (Lipinski definition) is 6. The van der Waals surface area contributed by atoms with E-state index in [1.165, 1.54) is 59.9 Å². The zero-order valence-corrected chi connectivity index (χ0v) is 17.5. The van der Waals surface area contributed by atoms with Crippen LogP contribution in [0.3, 0.4) is 0 Å². The van der Waals surface area contributed by atoms with Gasteiger partial charge in [0.2, 0.25) is 11.0 Å². The van der Waals surface area contributed by atoms with E-state index in [0.717, 1.165) is 21.6 Å². The van der Waals surface area contributed by atoms with Crippen LogP contribution in [0.4, 0.5) is 10.8 Å².